The molecule has 0 saturated heterocycles. The third-order valence-corrected chi connectivity index (χ3v) is 6.37. The van der Waals surface area contributed by atoms with Gasteiger partial charge in [0.15, 0.2) is 5.13 Å². The average Bonchev–Trinajstić information content (AvgIpc) is 3.30. The number of amides is 2. The number of aromatic nitrogens is 1. The maximum absolute atomic E-state index is 12.7. The van der Waals surface area contributed by atoms with E-state index in [1.807, 2.05) is 41.8 Å². The summed E-state index contributed by atoms with van der Waals surface area (Å²) >= 11 is 3.08. The van der Waals surface area contributed by atoms with Gasteiger partial charge < -0.3 is 10.2 Å². The monoisotopic (exact) mass is 409 g/mol. The van der Waals surface area contributed by atoms with Crippen LogP contribution in [0.25, 0.3) is 16.6 Å². The van der Waals surface area contributed by atoms with Gasteiger partial charge >= 0.3 is 0 Å². The molecule has 142 valence electrons. The van der Waals surface area contributed by atoms with E-state index in [4.69, 9.17) is 0 Å². The van der Waals surface area contributed by atoms with Crippen LogP contribution in [0.5, 0.6) is 0 Å². The number of thiophene rings is 1. The molecule has 28 heavy (non-hydrogen) atoms. The number of anilines is 1. The van der Waals surface area contributed by atoms with Gasteiger partial charge in [0.2, 0.25) is 11.8 Å². The van der Waals surface area contributed by atoms with Gasteiger partial charge in [0.05, 0.1) is 23.0 Å². The number of carbonyl (C=O) groups is 2. The molecule has 2 amide bonds. The Labute approximate surface area is 171 Å². The van der Waals surface area contributed by atoms with Crippen LogP contribution < -0.4 is 5.32 Å². The molecule has 1 N–H and O–H groups in total. The molecule has 3 heterocycles. The minimum Gasteiger partial charge on any atom is -0.311 e. The number of thiazole rings is 1. The molecule has 2 aromatic heterocycles. The molecule has 0 fully saturated rings. The predicted molar refractivity (Wildman–Crippen MR) is 114 cm³/mol. The molecule has 0 saturated carbocycles. The van der Waals surface area contributed by atoms with Crippen molar-refractivity contribution < 1.29 is 9.59 Å². The topological polar surface area (TPSA) is 62.3 Å². The number of nitrogens with one attached hydrogen (secondary N) is 1. The maximum atomic E-state index is 12.7. The number of benzene rings is 1. The second-order valence-electron chi connectivity index (χ2n) is 6.59. The van der Waals surface area contributed by atoms with Gasteiger partial charge in [-0.1, -0.05) is 24.3 Å². The van der Waals surface area contributed by atoms with Gasteiger partial charge in [0.1, 0.15) is 0 Å². The SMILES string of the molecule is CC(=O)N1C=Cc2ccccc2C1CC(=O)Nc1nc(-c2ccc(C)s2)cs1. The molecule has 1 atom stereocenters. The summed E-state index contributed by atoms with van der Waals surface area (Å²) < 4.78 is 0. The lowest BCUT2D eigenvalue weighted by atomic mass is 9.93. The van der Waals surface area contributed by atoms with Crippen molar-refractivity contribution in [3.63, 3.8) is 0 Å². The first-order valence-corrected chi connectivity index (χ1v) is 10.6. The second kappa shape index (κ2) is 7.69. The Hall–Kier alpha value is -2.77. The molecule has 0 radical (unpaired) electrons. The van der Waals surface area contributed by atoms with Crippen molar-refractivity contribution in [2.24, 2.45) is 0 Å². The summed E-state index contributed by atoms with van der Waals surface area (Å²) in [6.07, 6.45) is 3.83. The highest BCUT2D eigenvalue weighted by Gasteiger charge is 2.28. The van der Waals surface area contributed by atoms with Crippen molar-refractivity contribution in [1.82, 2.24) is 9.88 Å². The quantitative estimate of drug-likeness (QED) is 0.653. The van der Waals surface area contributed by atoms with E-state index >= 15 is 0 Å². The number of nitrogens with zero attached hydrogens (tertiary/aromatic N) is 2. The molecule has 4 rings (SSSR count). The molecular weight excluding hydrogens is 390 g/mol. The highest BCUT2D eigenvalue weighted by Crippen LogP contribution is 2.34. The molecule has 0 bridgehead atoms. The van der Waals surface area contributed by atoms with E-state index in [1.165, 1.54) is 23.1 Å². The zero-order valence-electron chi connectivity index (χ0n) is 15.5. The van der Waals surface area contributed by atoms with E-state index < -0.39 is 0 Å². The van der Waals surface area contributed by atoms with Crippen LogP contribution in [0.15, 0.2) is 48.0 Å². The van der Waals surface area contributed by atoms with Gasteiger partial charge in [0.25, 0.3) is 0 Å². The van der Waals surface area contributed by atoms with Gasteiger partial charge in [-0.15, -0.1) is 22.7 Å². The Morgan fingerprint density at radius 1 is 1.21 bits per heavy atom. The standard InChI is InChI=1S/C21H19N3O2S2/c1-13-7-8-19(28-13)17-12-27-21(22-17)23-20(26)11-18-16-6-4-3-5-15(16)9-10-24(18)14(2)25/h3-10,12,18H,11H2,1-2H3,(H,22,23,26). The summed E-state index contributed by atoms with van der Waals surface area (Å²) in [6, 6.07) is 11.6. The Bertz CT molecular complexity index is 1070. The van der Waals surface area contributed by atoms with Gasteiger partial charge in [0, 0.05) is 23.4 Å². The average molecular weight is 410 g/mol. The fourth-order valence-electron chi connectivity index (χ4n) is 3.28. The second-order valence-corrected chi connectivity index (χ2v) is 8.73. The first-order chi connectivity index (χ1) is 13.5. The highest BCUT2D eigenvalue weighted by molar-refractivity contribution is 7.17. The molecule has 0 aliphatic carbocycles. The number of rotatable bonds is 4. The normalized spacial score (nSPS) is 15.4. The molecule has 1 aromatic carbocycles. The summed E-state index contributed by atoms with van der Waals surface area (Å²) in [4.78, 5) is 33.2. The number of hydrogen-bond donors (Lipinski definition) is 1. The first kappa shape index (κ1) is 18.6. The van der Waals surface area contributed by atoms with Gasteiger partial charge in [-0.3, -0.25) is 9.59 Å². The lowest BCUT2D eigenvalue weighted by Crippen LogP contribution is -2.33. The lowest BCUT2D eigenvalue weighted by Gasteiger charge is -2.32. The van der Waals surface area contributed by atoms with Crippen LogP contribution in [0.4, 0.5) is 5.13 Å². The maximum Gasteiger partial charge on any atom is 0.228 e. The largest absolute Gasteiger partial charge is 0.311 e. The molecule has 5 nitrogen and oxygen atoms in total. The van der Waals surface area contributed by atoms with E-state index in [0.29, 0.717) is 5.13 Å². The molecule has 1 unspecified atom stereocenters. The van der Waals surface area contributed by atoms with E-state index in [2.05, 4.69) is 23.3 Å². The Kier molecular flexibility index (Phi) is 5.11. The molecule has 0 spiro atoms. The van der Waals surface area contributed by atoms with Crippen molar-refractivity contribution in [2.45, 2.75) is 26.3 Å². The fourth-order valence-corrected chi connectivity index (χ4v) is 4.91. The van der Waals surface area contributed by atoms with E-state index in [-0.39, 0.29) is 24.3 Å². The third kappa shape index (κ3) is 3.76. The van der Waals surface area contributed by atoms with Crippen molar-refractivity contribution in [3.8, 4) is 10.6 Å². The third-order valence-electron chi connectivity index (χ3n) is 4.59. The zero-order chi connectivity index (χ0) is 19.7. The Morgan fingerprint density at radius 2 is 2.04 bits per heavy atom. The van der Waals surface area contributed by atoms with Crippen molar-refractivity contribution in [2.75, 3.05) is 5.32 Å². The molecule has 3 aromatic rings. The van der Waals surface area contributed by atoms with Crippen LogP contribution in [0.3, 0.4) is 0 Å². The van der Waals surface area contributed by atoms with E-state index in [1.54, 1.807) is 22.4 Å². The van der Waals surface area contributed by atoms with Crippen LogP contribution >= 0.6 is 22.7 Å². The van der Waals surface area contributed by atoms with Gasteiger partial charge in [-0.2, -0.15) is 0 Å². The van der Waals surface area contributed by atoms with E-state index in [9.17, 15) is 9.59 Å². The summed E-state index contributed by atoms with van der Waals surface area (Å²) in [5.74, 6) is -0.252. The molecule has 7 heteroatoms. The predicted octanol–water partition coefficient (Wildman–Crippen LogP) is 5.08. The van der Waals surface area contributed by atoms with Crippen LogP contribution in [-0.2, 0) is 9.59 Å². The van der Waals surface area contributed by atoms with Gasteiger partial charge in [-0.25, -0.2) is 4.98 Å². The highest BCUT2D eigenvalue weighted by atomic mass is 32.1. The van der Waals surface area contributed by atoms with Crippen LogP contribution in [0, 0.1) is 6.92 Å². The summed E-state index contributed by atoms with van der Waals surface area (Å²) in [7, 11) is 0. The van der Waals surface area contributed by atoms with Crippen molar-refractivity contribution in [1.29, 1.82) is 0 Å². The zero-order valence-corrected chi connectivity index (χ0v) is 17.1. The van der Waals surface area contributed by atoms with Crippen LogP contribution in [0.1, 0.15) is 35.4 Å². The van der Waals surface area contributed by atoms with Crippen molar-refractivity contribution in [3.05, 3.63) is 64.0 Å². The Balaban J connectivity index is 1.50. The number of hydrogen-bond acceptors (Lipinski definition) is 5. The number of carbonyl (C=O) groups excluding carboxylic acids is 2. The minimum absolute atomic E-state index is 0.0897. The summed E-state index contributed by atoms with van der Waals surface area (Å²) in [5, 5.41) is 5.40. The van der Waals surface area contributed by atoms with Crippen molar-refractivity contribution >= 4 is 45.7 Å². The fraction of sp³-hybridized carbons (Fsp3) is 0.190. The van der Waals surface area contributed by atoms with E-state index in [0.717, 1.165) is 21.7 Å². The molecule has 1 aliphatic heterocycles. The summed E-state index contributed by atoms with van der Waals surface area (Å²) in [6.45, 7) is 3.57. The minimum atomic E-state index is -0.321. The first-order valence-electron chi connectivity index (χ1n) is 8.89. The van der Waals surface area contributed by atoms with Gasteiger partial charge in [-0.05, 0) is 36.3 Å². The summed E-state index contributed by atoms with van der Waals surface area (Å²) in [5.41, 5.74) is 2.88. The van der Waals surface area contributed by atoms with Crippen LogP contribution in [0.2, 0.25) is 0 Å². The smallest absolute Gasteiger partial charge is 0.228 e. The van der Waals surface area contributed by atoms with Crippen LogP contribution in [-0.4, -0.2) is 21.7 Å². The number of fused-ring (bicyclic) bond motifs is 1. The number of aryl methyl sites for hydroxylation is 1. The molecular formula is C21H19N3O2S2. The lowest BCUT2D eigenvalue weighted by molar-refractivity contribution is -0.129. The molecule has 1 aliphatic rings. The Morgan fingerprint density at radius 3 is 2.79 bits per heavy atom.